The SMILES string of the molecule is C/C=C\C(C)(C(=O)OCCC1COC(C)(C)O1)C(C)C. The van der Waals surface area contributed by atoms with Crippen LogP contribution >= 0.6 is 0 Å². The molecule has 0 aliphatic carbocycles. The second-order valence-electron chi connectivity index (χ2n) is 6.31. The van der Waals surface area contributed by atoms with Crippen molar-refractivity contribution in [1.29, 1.82) is 0 Å². The molecule has 20 heavy (non-hydrogen) atoms. The van der Waals surface area contributed by atoms with Gasteiger partial charge in [0.15, 0.2) is 5.79 Å². The summed E-state index contributed by atoms with van der Waals surface area (Å²) in [6.07, 6.45) is 4.49. The minimum absolute atomic E-state index is 0.00447. The number of hydrogen-bond donors (Lipinski definition) is 0. The second kappa shape index (κ2) is 6.72. The van der Waals surface area contributed by atoms with Crippen molar-refractivity contribution in [1.82, 2.24) is 0 Å². The van der Waals surface area contributed by atoms with E-state index in [0.717, 1.165) is 0 Å². The predicted molar refractivity (Wildman–Crippen MR) is 78.2 cm³/mol. The first-order valence-electron chi connectivity index (χ1n) is 7.34. The van der Waals surface area contributed by atoms with Crippen LogP contribution in [0.2, 0.25) is 0 Å². The van der Waals surface area contributed by atoms with Crippen LogP contribution in [0.4, 0.5) is 0 Å². The Morgan fingerprint density at radius 3 is 2.60 bits per heavy atom. The third-order valence-corrected chi connectivity index (χ3v) is 3.89. The number of esters is 1. The van der Waals surface area contributed by atoms with Crippen molar-refractivity contribution in [3.63, 3.8) is 0 Å². The predicted octanol–water partition coefficient (Wildman–Crippen LogP) is 3.31. The van der Waals surface area contributed by atoms with Crippen LogP contribution in [0.1, 0.15) is 48.0 Å². The zero-order valence-electron chi connectivity index (χ0n) is 13.6. The van der Waals surface area contributed by atoms with Gasteiger partial charge in [0.05, 0.1) is 24.7 Å². The zero-order valence-corrected chi connectivity index (χ0v) is 13.6. The molecule has 0 bridgehead atoms. The summed E-state index contributed by atoms with van der Waals surface area (Å²) in [6.45, 7) is 12.6. The Bertz CT molecular complexity index is 359. The Morgan fingerprint density at radius 2 is 2.15 bits per heavy atom. The number of carbonyl (C=O) groups excluding carboxylic acids is 1. The van der Waals surface area contributed by atoms with Gasteiger partial charge in [-0.15, -0.1) is 0 Å². The lowest BCUT2D eigenvalue weighted by atomic mass is 9.79. The summed E-state index contributed by atoms with van der Waals surface area (Å²) in [4.78, 5) is 12.3. The van der Waals surface area contributed by atoms with E-state index in [4.69, 9.17) is 14.2 Å². The fourth-order valence-electron chi connectivity index (χ4n) is 2.19. The van der Waals surface area contributed by atoms with Gasteiger partial charge in [-0.1, -0.05) is 26.0 Å². The highest BCUT2D eigenvalue weighted by atomic mass is 16.7. The third kappa shape index (κ3) is 4.32. The van der Waals surface area contributed by atoms with Crippen molar-refractivity contribution in [2.45, 2.75) is 59.9 Å². The molecule has 1 saturated heterocycles. The molecule has 0 spiro atoms. The lowest BCUT2D eigenvalue weighted by molar-refractivity contribution is -0.156. The molecule has 0 N–H and O–H groups in total. The molecule has 0 amide bonds. The Hall–Kier alpha value is -0.870. The fourth-order valence-corrected chi connectivity index (χ4v) is 2.19. The Morgan fingerprint density at radius 1 is 1.50 bits per heavy atom. The van der Waals surface area contributed by atoms with Crippen molar-refractivity contribution < 1.29 is 19.0 Å². The van der Waals surface area contributed by atoms with Gasteiger partial charge in [-0.25, -0.2) is 0 Å². The van der Waals surface area contributed by atoms with Crippen LogP contribution in [0.5, 0.6) is 0 Å². The molecule has 0 saturated carbocycles. The van der Waals surface area contributed by atoms with Gasteiger partial charge >= 0.3 is 5.97 Å². The van der Waals surface area contributed by atoms with Crippen LogP contribution in [0.15, 0.2) is 12.2 Å². The highest BCUT2D eigenvalue weighted by Gasteiger charge is 2.36. The summed E-state index contributed by atoms with van der Waals surface area (Å²) in [5.74, 6) is -0.508. The third-order valence-electron chi connectivity index (χ3n) is 3.89. The Kier molecular flexibility index (Phi) is 5.78. The molecular weight excluding hydrogens is 256 g/mol. The monoisotopic (exact) mass is 284 g/mol. The molecule has 0 aromatic heterocycles. The summed E-state index contributed by atoms with van der Waals surface area (Å²) in [5.41, 5.74) is -0.568. The van der Waals surface area contributed by atoms with Crippen LogP contribution in [-0.4, -0.2) is 31.1 Å². The van der Waals surface area contributed by atoms with E-state index >= 15 is 0 Å². The molecule has 4 nitrogen and oxygen atoms in total. The van der Waals surface area contributed by atoms with Crippen LogP contribution in [0.25, 0.3) is 0 Å². The van der Waals surface area contributed by atoms with Gasteiger partial charge in [0, 0.05) is 6.42 Å². The van der Waals surface area contributed by atoms with Crippen LogP contribution in [-0.2, 0) is 19.0 Å². The topological polar surface area (TPSA) is 44.8 Å². The van der Waals surface area contributed by atoms with E-state index < -0.39 is 11.2 Å². The van der Waals surface area contributed by atoms with Gasteiger partial charge in [-0.2, -0.15) is 0 Å². The number of ether oxygens (including phenoxy) is 3. The molecule has 116 valence electrons. The second-order valence-corrected chi connectivity index (χ2v) is 6.31. The van der Waals surface area contributed by atoms with E-state index in [2.05, 4.69) is 0 Å². The lowest BCUT2D eigenvalue weighted by Gasteiger charge is -2.28. The van der Waals surface area contributed by atoms with Crippen molar-refractivity contribution >= 4 is 5.97 Å². The number of hydrogen-bond acceptors (Lipinski definition) is 4. The number of allylic oxidation sites excluding steroid dienone is 1. The summed E-state index contributed by atoms with van der Waals surface area (Å²) < 4.78 is 16.6. The average Bonchev–Trinajstić information content (AvgIpc) is 2.68. The lowest BCUT2D eigenvalue weighted by Crippen LogP contribution is -2.33. The van der Waals surface area contributed by atoms with E-state index in [0.29, 0.717) is 19.6 Å². The minimum Gasteiger partial charge on any atom is -0.465 e. The van der Waals surface area contributed by atoms with Crippen LogP contribution in [0, 0.1) is 11.3 Å². The molecule has 0 radical (unpaired) electrons. The molecule has 2 unspecified atom stereocenters. The number of carbonyl (C=O) groups is 1. The standard InChI is InChI=1S/C16H28O4/c1-7-9-16(6,12(2)3)14(17)18-10-8-13-11-19-15(4,5)20-13/h7,9,12-13H,8,10-11H2,1-6H3/b9-7-. The maximum atomic E-state index is 12.3. The van der Waals surface area contributed by atoms with Gasteiger partial charge in [0.1, 0.15) is 0 Å². The van der Waals surface area contributed by atoms with E-state index in [1.165, 1.54) is 0 Å². The van der Waals surface area contributed by atoms with E-state index in [9.17, 15) is 4.79 Å². The molecule has 1 rings (SSSR count). The smallest absolute Gasteiger partial charge is 0.315 e. The normalized spacial score (nSPS) is 25.1. The largest absolute Gasteiger partial charge is 0.465 e. The molecule has 0 aromatic carbocycles. The van der Waals surface area contributed by atoms with Gasteiger partial charge in [0.25, 0.3) is 0 Å². The number of rotatable bonds is 6. The van der Waals surface area contributed by atoms with E-state index in [-0.39, 0.29) is 18.0 Å². The summed E-state index contributed by atoms with van der Waals surface area (Å²) in [5, 5.41) is 0. The van der Waals surface area contributed by atoms with Crippen LogP contribution in [0.3, 0.4) is 0 Å². The minimum atomic E-state index is -0.568. The molecule has 1 aliphatic heterocycles. The van der Waals surface area contributed by atoms with Crippen molar-refractivity contribution in [3.8, 4) is 0 Å². The highest BCUT2D eigenvalue weighted by Crippen LogP contribution is 2.31. The Balaban J connectivity index is 2.43. The van der Waals surface area contributed by atoms with Gasteiger partial charge in [-0.05, 0) is 33.6 Å². The molecule has 1 fully saturated rings. The molecule has 1 aliphatic rings. The maximum Gasteiger partial charge on any atom is 0.315 e. The quantitative estimate of drug-likeness (QED) is 0.554. The first-order valence-corrected chi connectivity index (χ1v) is 7.34. The van der Waals surface area contributed by atoms with Crippen LogP contribution < -0.4 is 0 Å². The molecule has 1 heterocycles. The van der Waals surface area contributed by atoms with Crippen molar-refractivity contribution in [3.05, 3.63) is 12.2 Å². The Labute approximate surface area is 122 Å². The van der Waals surface area contributed by atoms with E-state index in [1.807, 2.05) is 53.7 Å². The average molecular weight is 284 g/mol. The summed E-state index contributed by atoms with van der Waals surface area (Å²) in [6, 6.07) is 0. The summed E-state index contributed by atoms with van der Waals surface area (Å²) in [7, 11) is 0. The maximum absolute atomic E-state index is 12.3. The molecule has 4 heteroatoms. The van der Waals surface area contributed by atoms with Crippen molar-refractivity contribution in [2.75, 3.05) is 13.2 Å². The van der Waals surface area contributed by atoms with Gasteiger partial charge < -0.3 is 14.2 Å². The molecular formula is C16H28O4. The first-order chi connectivity index (χ1) is 9.21. The summed E-state index contributed by atoms with van der Waals surface area (Å²) >= 11 is 0. The molecule has 0 aromatic rings. The first kappa shape index (κ1) is 17.2. The van der Waals surface area contributed by atoms with E-state index in [1.54, 1.807) is 0 Å². The molecule has 2 atom stereocenters. The van der Waals surface area contributed by atoms with Gasteiger partial charge in [0.2, 0.25) is 0 Å². The highest BCUT2D eigenvalue weighted by molar-refractivity contribution is 5.79. The van der Waals surface area contributed by atoms with Gasteiger partial charge in [-0.3, -0.25) is 4.79 Å². The fraction of sp³-hybridized carbons (Fsp3) is 0.812. The van der Waals surface area contributed by atoms with Crippen molar-refractivity contribution in [2.24, 2.45) is 11.3 Å². The zero-order chi connectivity index (χ0) is 15.4.